The molecule has 0 saturated heterocycles. The van der Waals surface area contributed by atoms with Gasteiger partial charge in [-0.05, 0) is 98.4 Å². The van der Waals surface area contributed by atoms with Crippen molar-refractivity contribution in [3.8, 4) is 0 Å². The van der Waals surface area contributed by atoms with Gasteiger partial charge in [0.1, 0.15) is 6.61 Å². The maximum atomic E-state index is 13.9. The Hall–Kier alpha value is -4.26. The van der Waals surface area contributed by atoms with E-state index in [2.05, 4.69) is 107 Å². The van der Waals surface area contributed by atoms with Gasteiger partial charge in [-0.15, -0.1) is 0 Å². The smallest absolute Gasteiger partial charge is 0.314 e. The summed E-state index contributed by atoms with van der Waals surface area (Å²) in [5, 5.41) is 22.4. The molecule has 1 aromatic heterocycles. The normalized spacial score (nSPS) is 12.4. The molecule has 1 amide bonds. The fourth-order valence-corrected chi connectivity index (χ4v) is 6.63. The number of aromatic nitrogens is 1. The molecule has 0 radical (unpaired) electrons. The molecule has 308 valence electrons. The van der Waals surface area contributed by atoms with E-state index in [9.17, 15) is 9.59 Å². The number of hydrogen-bond acceptors (Lipinski definition) is 8. The summed E-state index contributed by atoms with van der Waals surface area (Å²) in [6.07, 6.45) is 4.59. The molecule has 12 heteroatoms. The molecule has 12 N–H and O–H groups in total. The van der Waals surface area contributed by atoms with E-state index < -0.39 is 11.5 Å². The summed E-state index contributed by atoms with van der Waals surface area (Å²) >= 11 is 0. The standard InChI is InChI=1S/C41H65N5O3.2CH4N2/c1-38(2,3)29-23-31(39(4,5)6)34-30(35(40(7,8)9)46-33(34)24-29)25-32(42)36(47)45-27-41(19-15-21-43-10,20-16-22-44-11)37(48)49-26-28-17-13-12-14-18-28;2*2-1-3/h12-14,17-18,23-24,32,43-44,46H,15-16,19-22,25-27,42H2,1-11H3,(H,45,47);2*1H,(H3,2,3)/t32-;;/m0../s1. The predicted octanol–water partition coefficient (Wildman–Crippen LogP) is 5.88. The lowest BCUT2D eigenvalue weighted by Gasteiger charge is -2.32. The van der Waals surface area contributed by atoms with E-state index in [4.69, 9.17) is 21.3 Å². The van der Waals surface area contributed by atoms with Gasteiger partial charge in [0.05, 0.1) is 24.1 Å². The Balaban J connectivity index is 0.00000236. The van der Waals surface area contributed by atoms with Crippen molar-refractivity contribution >= 4 is 35.5 Å². The van der Waals surface area contributed by atoms with Crippen LogP contribution in [0.15, 0.2) is 42.5 Å². The summed E-state index contributed by atoms with van der Waals surface area (Å²) in [6.45, 7) is 21.9. The Labute approximate surface area is 330 Å². The average molecular weight is 764 g/mol. The van der Waals surface area contributed by atoms with Crippen molar-refractivity contribution in [1.82, 2.24) is 20.9 Å². The van der Waals surface area contributed by atoms with Crippen molar-refractivity contribution in [2.75, 3.05) is 33.7 Å². The van der Waals surface area contributed by atoms with Gasteiger partial charge in [0.25, 0.3) is 0 Å². The second-order valence-electron chi connectivity index (χ2n) is 17.3. The minimum Gasteiger partial charge on any atom is -0.460 e. The third-order valence-electron chi connectivity index (χ3n) is 9.60. The highest BCUT2D eigenvalue weighted by atomic mass is 16.5. The largest absolute Gasteiger partial charge is 0.460 e. The van der Waals surface area contributed by atoms with Crippen molar-refractivity contribution in [1.29, 1.82) is 10.8 Å². The molecule has 0 bridgehead atoms. The number of nitrogens with one attached hydrogen (secondary N) is 6. The molecule has 0 spiro atoms. The highest BCUT2D eigenvalue weighted by Gasteiger charge is 2.40. The molecule has 12 nitrogen and oxygen atoms in total. The molecular weight excluding hydrogens is 691 g/mol. The van der Waals surface area contributed by atoms with Crippen LogP contribution in [0.2, 0.25) is 0 Å². The first-order chi connectivity index (χ1) is 25.7. The van der Waals surface area contributed by atoms with Gasteiger partial charge in [0.2, 0.25) is 5.91 Å². The Morgan fingerprint density at radius 2 is 1.36 bits per heavy atom. The second kappa shape index (κ2) is 22.3. The lowest BCUT2D eigenvalue weighted by Crippen LogP contribution is -2.49. The first-order valence-electron chi connectivity index (χ1n) is 19.3. The maximum absolute atomic E-state index is 13.9. The molecular formula is C43H73N9O3. The van der Waals surface area contributed by atoms with Crippen LogP contribution in [-0.4, -0.2) is 69.3 Å². The number of benzene rings is 2. The van der Waals surface area contributed by atoms with Crippen LogP contribution in [0.25, 0.3) is 10.9 Å². The lowest BCUT2D eigenvalue weighted by molar-refractivity contribution is -0.158. The van der Waals surface area contributed by atoms with Crippen LogP contribution < -0.4 is 33.2 Å². The zero-order valence-electron chi connectivity index (χ0n) is 35.6. The summed E-state index contributed by atoms with van der Waals surface area (Å²) in [5.41, 5.74) is 21.1. The number of aromatic amines is 1. The first-order valence-corrected chi connectivity index (χ1v) is 19.3. The first kappa shape index (κ1) is 48.8. The number of fused-ring (bicyclic) bond motifs is 1. The molecule has 1 heterocycles. The van der Waals surface area contributed by atoms with Crippen LogP contribution in [0.3, 0.4) is 0 Å². The summed E-state index contributed by atoms with van der Waals surface area (Å²) in [7, 11) is 3.81. The van der Waals surface area contributed by atoms with Gasteiger partial charge in [-0.1, -0.05) is 98.7 Å². The fourth-order valence-electron chi connectivity index (χ4n) is 6.63. The van der Waals surface area contributed by atoms with Crippen LogP contribution in [0.4, 0.5) is 0 Å². The van der Waals surface area contributed by atoms with Gasteiger partial charge < -0.3 is 42.9 Å². The minimum absolute atomic E-state index is 0.0211. The van der Waals surface area contributed by atoms with Gasteiger partial charge in [-0.3, -0.25) is 20.4 Å². The topological polar surface area (TPSA) is 221 Å². The summed E-state index contributed by atoms with van der Waals surface area (Å²) in [4.78, 5) is 31.6. The minimum atomic E-state index is -0.877. The van der Waals surface area contributed by atoms with Crippen molar-refractivity contribution in [3.63, 3.8) is 0 Å². The number of carbonyl (C=O) groups excluding carboxylic acids is 2. The summed E-state index contributed by atoms with van der Waals surface area (Å²) < 4.78 is 5.95. The van der Waals surface area contributed by atoms with Gasteiger partial charge in [0, 0.05) is 28.6 Å². The quantitative estimate of drug-likeness (QED) is 0.0370. The number of ether oxygens (including phenoxy) is 1. The Morgan fingerprint density at radius 3 is 1.82 bits per heavy atom. The van der Waals surface area contributed by atoms with Crippen molar-refractivity contribution < 1.29 is 14.3 Å². The Kier molecular flexibility index (Phi) is 19.8. The zero-order valence-corrected chi connectivity index (χ0v) is 35.6. The van der Waals surface area contributed by atoms with Crippen molar-refractivity contribution in [2.45, 2.75) is 123 Å². The number of amides is 1. The predicted molar refractivity (Wildman–Crippen MR) is 230 cm³/mol. The molecule has 2 aromatic carbocycles. The second-order valence-corrected chi connectivity index (χ2v) is 17.3. The number of H-pyrrole nitrogens is 1. The SMILES string of the molecule is CNCCCC(CCCNC)(CNC(=O)[C@@H](N)Cc1c(C(C)(C)C)[nH]c2cc(C(C)(C)C)cc(C(C)(C)C)c12)C(=O)OCc1ccccc1.N=CN.N=CN. The number of rotatable bonds is 16. The van der Waals surface area contributed by atoms with E-state index in [-0.39, 0.29) is 41.3 Å². The lowest BCUT2D eigenvalue weighted by atomic mass is 9.77. The highest BCUT2D eigenvalue weighted by molar-refractivity contribution is 5.92. The molecule has 1 atom stereocenters. The van der Waals surface area contributed by atoms with Gasteiger partial charge in [-0.2, -0.15) is 0 Å². The Bertz CT molecular complexity index is 1620. The van der Waals surface area contributed by atoms with Crippen LogP contribution in [0.1, 0.15) is 116 Å². The molecule has 3 aromatic rings. The monoisotopic (exact) mass is 764 g/mol. The van der Waals surface area contributed by atoms with Crippen LogP contribution >= 0.6 is 0 Å². The van der Waals surface area contributed by atoms with E-state index >= 15 is 0 Å². The van der Waals surface area contributed by atoms with Gasteiger partial charge >= 0.3 is 5.97 Å². The van der Waals surface area contributed by atoms with Crippen molar-refractivity contribution in [2.24, 2.45) is 22.6 Å². The van der Waals surface area contributed by atoms with E-state index in [0.29, 0.717) is 19.3 Å². The van der Waals surface area contributed by atoms with E-state index in [0.717, 1.165) is 66.3 Å². The van der Waals surface area contributed by atoms with E-state index in [1.807, 2.05) is 44.4 Å². The molecule has 3 rings (SSSR count). The number of esters is 1. The number of carbonyl (C=O) groups is 2. The third kappa shape index (κ3) is 15.1. The van der Waals surface area contributed by atoms with E-state index in [1.165, 1.54) is 11.1 Å². The molecule has 55 heavy (non-hydrogen) atoms. The summed E-state index contributed by atoms with van der Waals surface area (Å²) in [5.74, 6) is -0.547. The van der Waals surface area contributed by atoms with E-state index in [1.54, 1.807) is 0 Å². The molecule has 0 unspecified atom stereocenters. The highest BCUT2D eigenvalue weighted by Crippen LogP contribution is 2.41. The van der Waals surface area contributed by atoms with Crippen LogP contribution in [-0.2, 0) is 43.6 Å². The molecule has 0 saturated carbocycles. The third-order valence-corrected chi connectivity index (χ3v) is 9.60. The zero-order chi connectivity index (χ0) is 42.0. The van der Waals surface area contributed by atoms with Crippen LogP contribution in [0.5, 0.6) is 0 Å². The molecule has 0 fully saturated rings. The van der Waals surface area contributed by atoms with Crippen molar-refractivity contribution in [3.05, 3.63) is 70.4 Å². The summed E-state index contributed by atoms with van der Waals surface area (Å²) in [6, 6.07) is 13.5. The van der Waals surface area contributed by atoms with Gasteiger partial charge in [0.15, 0.2) is 0 Å². The van der Waals surface area contributed by atoms with Gasteiger partial charge in [-0.25, -0.2) is 0 Å². The molecule has 0 aliphatic heterocycles. The maximum Gasteiger partial charge on any atom is 0.314 e. The molecule has 0 aliphatic carbocycles. The molecule has 0 aliphatic rings. The fraction of sp³-hybridized carbons (Fsp3) is 0.581. The average Bonchev–Trinajstić information content (AvgIpc) is 3.48. The van der Waals surface area contributed by atoms with Crippen LogP contribution in [0, 0.1) is 16.2 Å². The number of nitrogens with two attached hydrogens (primary N) is 3. The number of hydrogen-bond donors (Lipinski definition) is 9. The Morgan fingerprint density at radius 1 is 0.836 bits per heavy atom.